The molecule has 2 rings (SSSR count). The number of aryl methyl sites for hydroxylation is 1. The summed E-state index contributed by atoms with van der Waals surface area (Å²) in [6.07, 6.45) is 1.82. The number of aromatic nitrogens is 3. The summed E-state index contributed by atoms with van der Waals surface area (Å²) in [6.45, 7) is 4.83. The molecule has 2 aromatic rings. The molecule has 0 unspecified atom stereocenters. The van der Waals surface area contributed by atoms with Gasteiger partial charge in [-0.05, 0) is 33.0 Å². The molecule has 0 radical (unpaired) electrons. The zero-order chi connectivity index (χ0) is 11.5. The van der Waals surface area contributed by atoms with Crippen molar-refractivity contribution >= 4 is 0 Å². The normalized spacial score (nSPS) is 10.7. The van der Waals surface area contributed by atoms with E-state index < -0.39 is 0 Å². The summed E-state index contributed by atoms with van der Waals surface area (Å²) in [5, 5.41) is 3.10. The van der Waals surface area contributed by atoms with E-state index in [0.29, 0.717) is 0 Å². The van der Waals surface area contributed by atoms with E-state index in [0.717, 1.165) is 29.4 Å². The van der Waals surface area contributed by atoms with Crippen molar-refractivity contribution in [2.75, 3.05) is 7.05 Å². The molecule has 4 heteroatoms. The van der Waals surface area contributed by atoms with Gasteiger partial charge in [-0.3, -0.25) is 4.57 Å². The molecule has 0 fully saturated rings. The van der Waals surface area contributed by atoms with E-state index in [1.807, 2.05) is 43.1 Å². The van der Waals surface area contributed by atoms with Gasteiger partial charge in [-0.1, -0.05) is 6.07 Å². The summed E-state index contributed by atoms with van der Waals surface area (Å²) in [7, 11) is 1.92. The third kappa shape index (κ3) is 1.97. The average Bonchev–Trinajstić information content (AvgIpc) is 2.61. The third-order valence-corrected chi connectivity index (χ3v) is 2.65. The van der Waals surface area contributed by atoms with Crippen molar-refractivity contribution in [1.29, 1.82) is 0 Å². The second-order valence-electron chi connectivity index (χ2n) is 3.80. The van der Waals surface area contributed by atoms with Crippen LogP contribution in [0.15, 0.2) is 24.5 Å². The fourth-order valence-electron chi connectivity index (χ4n) is 1.61. The first-order valence-electron chi connectivity index (χ1n) is 5.34. The highest BCUT2D eigenvalue weighted by Crippen LogP contribution is 2.11. The van der Waals surface area contributed by atoms with Gasteiger partial charge in [0.2, 0.25) is 0 Å². The lowest BCUT2D eigenvalue weighted by molar-refractivity contribution is 0.782. The number of imidazole rings is 1. The molecular weight excluding hydrogens is 200 g/mol. The second kappa shape index (κ2) is 4.45. The van der Waals surface area contributed by atoms with Crippen LogP contribution in [0.1, 0.15) is 17.1 Å². The van der Waals surface area contributed by atoms with Crippen molar-refractivity contribution in [3.05, 3.63) is 41.6 Å². The van der Waals surface area contributed by atoms with Crippen LogP contribution in [0.5, 0.6) is 0 Å². The summed E-state index contributed by atoms with van der Waals surface area (Å²) < 4.78 is 2.01. The number of hydrogen-bond acceptors (Lipinski definition) is 3. The van der Waals surface area contributed by atoms with Crippen molar-refractivity contribution in [2.45, 2.75) is 20.4 Å². The maximum atomic E-state index is 4.57. The Morgan fingerprint density at radius 1 is 1.31 bits per heavy atom. The molecule has 4 nitrogen and oxygen atoms in total. The van der Waals surface area contributed by atoms with Crippen molar-refractivity contribution < 1.29 is 0 Å². The van der Waals surface area contributed by atoms with Gasteiger partial charge in [0.1, 0.15) is 12.1 Å². The summed E-state index contributed by atoms with van der Waals surface area (Å²) in [6, 6.07) is 6.02. The number of hydrogen-bond donors (Lipinski definition) is 1. The largest absolute Gasteiger partial charge is 0.314 e. The van der Waals surface area contributed by atoms with Crippen LogP contribution in [-0.2, 0) is 6.54 Å². The van der Waals surface area contributed by atoms with Gasteiger partial charge in [-0.2, -0.15) is 0 Å². The molecule has 0 amide bonds. The SMILES string of the molecule is CNCc1cccc(-n2cnc(C)c2C)n1. The Bertz CT molecular complexity index is 488. The fraction of sp³-hybridized carbons (Fsp3) is 0.333. The predicted octanol–water partition coefficient (Wildman–Crippen LogP) is 1.60. The number of nitrogens with zero attached hydrogens (tertiary/aromatic N) is 3. The number of rotatable bonds is 3. The van der Waals surface area contributed by atoms with Gasteiger partial charge in [-0.15, -0.1) is 0 Å². The van der Waals surface area contributed by atoms with E-state index in [4.69, 9.17) is 0 Å². The molecule has 0 aliphatic rings. The van der Waals surface area contributed by atoms with Gasteiger partial charge in [0, 0.05) is 12.2 Å². The lowest BCUT2D eigenvalue weighted by Gasteiger charge is -2.06. The molecule has 0 aliphatic carbocycles. The maximum Gasteiger partial charge on any atom is 0.138 e. The van der Waals surface area contributed by atoms with Gasteiger partial charge >= 0.3 is 0 Å². The molecular formula is C12H16N4. The molecule has 1 N–H and O–H groups in total. The second-order valence-corrected chi connectivity index (χ2v) is 3.80. The maximum absolute atomic E-state index is 4.57. The van der Waals surface area contributed by atoms with Crippen molar-refractivity contribution in [3.8, 4) is 5.82 Å². The van der Waals surface area contributed by atoms with Crippen LogP contribution in [0.4, 0.5) is 0 Å². The molecule has 0 bridgehead atoms. The minimum Gasteiger partial charge on any atom is -0.314 e. The summed E-state index contributed by atoms with van der Waals surface area (Å²) >= 11 is 0. The smallest absolute Gasteiger partial charge is 0.138 e. The van der Waals surface area contributed by atoms with E-state index in [1.165, 1.54) is 0 Å². The topological polar surface area (TPSA) is 42.7 Å². The van der Waals surface area contributed by atoms with E-state index in [2.05, 4.69) is 22.2 Å². The van der Waals surface area contributed by atoms with Crippen LogP contribution < -0.4 is 5.32 Å². The van der Waals surface area contributed by atoms with Crippen LogP contribution in [0, 0.1) is 13.8 Å². The molecule has 16 heavy (non-hydrogen) atoms. The predicted molar refractivity (Wildman–Crippen MR) is 63.6 cm³/mol. The highest BCUT2D eigenvalue weighted by atomic mass is 15.1. The molecule has 2 heterocycles. The lowest BCUT2D eigenvalue weighted by Crippen LogP contribution is -2.08. The van der Waals surface area contributed by atoms with Crippen molar-refractivity contribution in [3.63, 3.8) is 0 Å². The Balaban J connectivity index is 2.40. The first-order valence-corrected chi connectivity index (χ1v) is 5.34. The van der Waals surface area contributed by atoms with Gasteiger partial charge < -0.3 is 5.32 Å². The standard InChI is InChI=1S/C12H16N4/c1-9-10(2)16(8-14-9)12-6-4-5-11(15-12)7-13-3/h4-6,8,13H,7H2,1-3H3. The van der Waals surface area contributed by atoms with Crippen LogP contribution in [-0.4, -0.2) is 21.6 Å². The molecule has 0 aromatic carbocycles. The van der Waals surface area contributed by atoms with Crippen LogP contribution in [0.2, 0.25) is 0 Å². The van der Waals surface area contributed by atoms with E-state index in [-0.39, 0.29) is 0 Å². The minimum absolute atomic E-state index is 0.778. The molecule has 84 valence electrons. The van der Waals surface area contributed by atoms with Crippen molar-refractivity contribution in [1.82, 2.24) is 19.9 Å². The first kappa shape index (κ1) is 10.8. The summed E-state index contributed by atoms with van der Waals surface area (Å²) in [5.41, 5.74) is 3.21. The first-order chi connectivity index (χ1) is 7.72. The van der Waals surface area contributed by atoms with E-state index >= 15 is 0 Å². The van der Waals surface area contributed by atoms with E-state index in [9.17, 15) is 0 Å². The minimum atomic E-state index is 0.778. The zero-order valence-corrected chi connectivity index (χ0v) is 9.86. The third-order valence-electron chi connectivity index (χ3n) is 2.65. The highest BCUT2D eigenvalue weighted by molar-refractivity contribution is 5.29. The lowest BCUT2D eigenvalue weighted by atomic mass is 10.3. The Labute approximate surface area is 95.4 Å². The quantitative estimate of drug-likeness (QED) is 0.847. The zero-order valence-electron chi connectivity index (χ0n) is 9.86. The van der Waals surface area contributed by atoms with Crippen LogP contribution in [0.3, 0.4) is 0 Å². The average molecular weight is 216 g/mol. The summed E-state index contributed by atoms with van der Waals surface area (Å²) in [5.74, 6) is 0.922. The molecule has 0 saturated carbocycles. The van der Waals surface area contributed by atoms with Gasteiger partial charge in [0.05, 0.1) is 11.4 Å². The van der Waals surface area contributed by atoms with Gasteiger partial charge in [-0.25, -0.2) is 9.97 Å². The number of pyridine rings is 1. The molecule has 0 saturated heterocycles. The van der Waals surface area contributed by atoms with Crippen LogP contribution in [0.25, 0.3) is 5.82 Å². The Morgan fingerprint density at radius 2 is 2.12 bits per heavy atom. The molecule has 0 spiro atoms. The molecule has 2 aromatic heterocycles. The van der Waals surface area contributed by atoms with Crippen molar-refractivity contribution in [2.24, 2.45) is 0 Å². The van der Waals surface area contributed by atoms with Gasteiger partial charge in [0.15, 0.2) is 0 Å². The van der Waals surface area contributed by atoms with E-state index in [1.54, 1.807) is 0 Å². The van der Waals surface area contributed by atoms with Crippen LogP contribution >= 0.6 is 0 Å². The van der Waals surface area contributed by atoms with Gasteiger partial charge in [0.25, 0.3) is 0 Å². The summed E-state index contributed by atoms with van der Waals surface area (Å²) in [4.78, 5) is 8.84. The molecule has 0 atom stereocenters. The Morgan fingerprint density at radius 3 is 2.75 bits per heavy atom. The Kier molecular flexibility index (Phi) is 3.01. The fourth-order valence-corrected chi connectivity index (χ4v) is 1.61. The number of nitrogens with one attached hydrogen (secondary N) is 1. The highest BCUT2D eigenvalue weighted by Gasteiger charge is 2.05. The monoisotopic (exact) mass is 216 g/mol. The molecule has 0 aliphatic heterocycles. The Hall–Kier alpha value is -1.68.